The molecule has 12 heteroatoms. The van der Waals surface area contributed by atoms with Crippen LogP contribution in [0.1, 0.15) is 71.7 Å². The van der Waals surface area contributed by atoms with Crippen molar-refractivity contribution in [3.8, 4) is 0 Å². The lowest BCUT2D eigenvalue weighted by Crippen LogP contribution is -2.51. The van der Waals surface area contributed by atoms with Crippen LogP contribution in [0.2, 0.25) is 0 Å². The van der Waals surface area contributed by atoms with Crippen molar-refractivity contribution < 1.29 is 19.8 Å². The van der Waals surface area contributed by atoms with E-state index < -0.39 is 0 Å². The Morgan fingerprint density at radius 2 is 1.02 bits per heavy atom. The first-order valence-electron chi connectivity index (χ1n) is 16.8. The van der Waals surface area contributed by atoms with Crippen LogP contribution in [0, 0.1) is 0 Å². The lowest BCUT2D eigenvalue weighted by Gasteiger charge is -2.36. The third-order valence-electron chi connectivity index (χ3n) is 9.46. The van der Waals surface area contributed by atoms with Gasteiger partial charge < -0.3 is 20.0 Å². The van der Waals surface area contributed by atoms with Crippen LogP contribution in [0.3, 0.4) is 0 Å². The number of nitrogens with zero attached hydrogens (tertiary/aromatic N) is 8. The van der Waals surface area contributed by atoms with Crippen molar-refractivity contribution in [1.82, 2.24) is 30.4 Å². The third kappa shape index (κ3) is 7.71. The van der Waals surface area contributed by atoms with E-state index in [-0.39, 0.29) is 61.3 Å². The first-order chi connectivity index (χ1) is 23.3. The summed E-state index contributed by atoms with van der Waals surface area (Å²) in [5.41, 5.74) is 4.58. The maximum atomic E-state index is 12.8. The number of hydrogen-bond acceptors (Lipinski definition) is 12. The number of β-amino-alcohol motifs (C(OH)–C–C–N with tert-alkyl or cyclic N) is 2. The molecule has 0 bridgehead atoms. The smallest absolute Gasteiger partial charge is 0.144 e. The summed E-state index contributed by atoms with van der Waals surface area (Å²) >= 11 is 0. The molecule has 1 saturated carbocycles. The normalized spacial score (nSPS) is 19.9. The Hall–Kier alpha value is -4.68. The molecule has 0 unspecified atom stereocenters. The summed E-state index contributed by atoms with van der Waals surface area (Å²) in [6.07, 6.45) is 4.21. The number of Topliss-reactive ketones (excluding diaryl/α,β-unsaturated/α-hetero) is 2. The maximum Gasteiger partial charge on any atom is 0.144 e. The van der Waals surface area contributed by atoms with Crippen LogP contribution in [0.4, 0.5) is 11.6 Å². The summed E-state index contributed by atoms with van der Waals surface area (Å²) in [7, 11) is 0. The molecule has 4 aromatic rings. The van der Waals surface area contributed by atoms with Gasteiger partial charge in [-0.05, 0) is 67.8 Å². The molecule has 2 saturated heterocycles. The van der Waals surface area contributed by atoms with Crippen LogP contribution < -0.4 is 9.80 Å². The van der Waals surface area contributed by atoms with E-state index >= 15 is 0 Å². The van der Waals surface area contributed by atoms with E-state index in [0.29, 0.717) is 49.0 Å². The molecular weight excluding hydrogens is 608 g/mol. The quantitative estimate of drug-likeness (QED) is 0.232. The molecule has 3 aliphatic rings. The number of anilines is 2. The number of pyridine rings is 2. The van der Waals surface area contributed by atoms with Crippen LogP contribution in [0.25, 0.3) is 0 Å². The second kappa shape index (κ2) is 14.2. The lowest BCUT2D eigenvalue weighted by molar-refractivity contribution is -0.118. The highest BCUT2D eigenvalue weighted by atomic mass is 16.3. The highest BCUT2D eigenvalue weighted by molar-refractivity contribution is 5.83. The molecule has 1 aliphatic carbocycles. The molecular formula is C36H40N8O4. The van der Waals surface area contributed by atoms with Crippen molar-refractivity contribution in [3.63, 3.8) is 0 Å². The van der Waals surface area contributed by atoms with Crippen molar-refractivity contribution >= 4 is 23.2 Å². The van der Waals surface area contributed by atoms with Gasteiger partial charge in [-0.15, -0.1) is 0 Å². The molecule has 2 aliphatic heterocycles. The Morgan fingerprint density at radius 3 is 1.42 bits per heavy atom. The van der Waals surface area contributed by atoms with Gasteiger partial charge in [0.15, 0.2) is 0 Å². The van der Waals surface area contributed by atoms with Crippen molar-refractivity contribution in [2.45, 2.75) is 75.4 Å². The van der Waals surface area contributed by atoms with Gasteiger partial charge >= 0.3 is 0 Å². The fraction of sp³-hybridized carbons (Fsp3) is 0.444. The summed E-state index contributed by atoms with van der Waals surface area (Å²) in [6.45, 7) is 2.27. The maximum absolute atomic E-state index is 12.8. The Morgan fingerprint density at radius 1 is 0.583 bits per heavy atom. The van der Waals surface area contributed by atoms with Gasteiger partial charge in [0.25, 0.3) is 0 Å². The fourth-order valence-corrected chi connectivity index (χ4v) is 6.79. The largest absolute Gasteiger partial charge is 0.389 e. The molecule has 4 aromatic heterocycles. The van der Waals surface area contributed by atoms with Crippen LogP contribution in [0.5, 0.6) is 0 Å². The monoisotopic (exact) mass is 648 g/mol. The van der Waals surface area contributed by atoms with Gasteiger partial charge in [-0.1, -0.05) is 18.6 Å². The van der Waals surface area contributed by atoms with Crippen molar-refractivity contribution in [2.24, 2.45) is 0 Å². The molecule has 0 radical (unpaired) electrons. The van der Waals surface area contributed by atoms with Crippen LogP contribution in [-0.4, -0.2) is 90.5 Å². The summed E-state index contributed by atoms with van der Waals surface area (Å²) in [5, 5.41) is 37.0. The Balaban J connectivity index is 0.891. The minimum Gasteiger partial charge on any atom is -0.389 e. The van der Waals surface area contributed by atoms with Gasteiger partial charge in [0, 0.05) is 50.9 Å². The van der Waals surface area contributed by atoms with Crippen LogP contribution >= 0.6 is 0 Å². The zero-order valence-electron chi connectivity index (χ0n) is 26.9. The summed E-state index contributed by atoms with van der Waals surface area (Å²) < 4.78 is 0. The van der Waals surface area contributed by atoms with Gasteiger partial charge in [-0.25, -0.2) is 9.97 Å². The predicted octanol–water partition coefficient (Wildman–Crippen LogP) is 2.57. The van der Waals surface area contributed by atoms with Crippen molar-refractivity contribution in [1.29, 1.82) is 0 Å². The summed E-state index contributed by atoms with van der Waals surface area (Å²) in [5.74, 6) is 2.13. The second-order valence-corrected chi connectivity index (χ2v) is 13.3. The van der Waals surface area contributed by atoms with E-state index in [1.54, 1.807) is 0 Å². The highest BCUT2D eigenvalue weighted by Gasteiger charge is 2.28. The standard InChI is InChI=1S/C36H40N8O4/c45-29(15-25-6-2-8-35(37-25)43-19-31(47)20-43)17-27-10-12-33(41-39-27)23-4-1-5-24(14-23)34-13-11-28(40-42-34)18-30(46)16-26-7-3-9-36(38-26)44-21-32(48)22-44/h2-3,6-13,23-24,31-32,47-48H,1,4-5,14-22H2/t23-,24-/m0/s1. The van der Waals surface area contributed by atoms with E-state index in [0.717, 1.165) is 48.7 Å². The molecule has 2 atom stereocenters. The molecule has 2 N–H and O–H groups in total. The first-order valence-corrected chi connectivity index (χ1v) is 16.8. The van der Waals surface area contributed by atoms with Gasteiger partial charge in [-0.3, -0.25) is 9.59 Å². The van der Waals surface area contributed by atoms with Gasteiger partial charge in [-0.2, -0.15) is 20.4 Å². The SMILES string of the molecule is O=C(Cc1ccc([C@H]2CCC[C@H](c3ccc(CC(=O)Cc4cccc(N5CC(O)C5)n4)nn3)C2)nn1)Cc1cccc(N2CC(O)C2)n1. The lowest BCUT2D eigenvalue weighted by atomic mass is 9.78. The van der Waals surface area contributed by atoms with E-state index in [1.165, 1.54) is 0 Å². The van der Waals surface area contributed by atoms with E-state index in [4.69, 9.17) is 0 Å². The summed E-state index contributed by atoms with van der Waals surface area (Å²) in [6, 6.07) is 19.1. The Kier molecular flexibility index (Phi) is 9.44. The number of carbonyl (C=O) groups excluding carboxylic acids is 2. The average Bonchev–Trinajstić information content (AvgIpc) is 3.06. The average molecular weight is 649 g/mol. The second-order valence-electron chi connectivity index (χ2n) is 13.3. The van der Waals surface area contributed by atoms with Crippen molar-refractivity contribution in [3.05, 3.63) is 94.8 Å². The third-order valence-corrected chi connectivity index (χ3v) is 9.46. The number of hydrogen-bond donors (Lipinski definition) is 2. The fourth-order valence-electron chi connectivity index (χ4n) is 6.79. The molecule has 248 valence electrons. The van der Waals surface area contributed by atoms with E-state index in [1.807, 2.05) is 70.5 Å². The number of aliphatic hydroxyl groups is 2. The topological polar surface area (TPSA) is 158 Å². The van der Waals surface area contributed by atoms with Gasteiger partial charge in [0.1, 0.15) is 23.2 Å². The predicted molar refractivity (Wildman–Crippen MR) is 178 cm³/mol. The number of aliphatic hydroxyl groups excluding tert-OH is 2. The number of carbonyl (C=O) groups is 2. The number of aromatic nitrogens is 6. The zero-order valence-corrected chi connectivity index (χ0v) is 26.9. The van der Waals surface area contributed by atoms with Gasteiger partial charge in [0.05, 0.1) is 59.2 Å². The molecule has 0 amide bonds. The van der Waals surface area contributed by atoms with Crippen molar-refractivity contribution in [2.75, 3.05) is 36.0 Å². The highest BCUT2D eigenvalue weighted by Crippen LogP contribution is 2.39. The molecule has 12 nitrogen and oxygen atoms in total. The van der Waals surface area contributed by atoms with Gasteiger partial charge in [0.2, 0.25) is 0 Å². The molecule has 0 aromatic carbocycles. The van der Waals surface area contributed by atoms with E-state index in [9.17, 15) is 19.8 Å². The molecule has 7 rings (SSSR count). The van der Waals surface area contributed by atoms with Crippen LogP contribution in [-0.2, 0) is 35.3 Å². The first kappa shape index (κ1) is 31.9. The number of ketones is 2. The Labute approximate surface area is 279 Å². The Bertz CT molecular complexity index is 1610. The minimum absolute atomic E-state index is 0.0290. The zero-order chi connectivity index (χ0) is 33.0. The molecule has 48 heavy (non-hydrogen) atoms. The molecule has 3 fully saturated rings. The number of rotatable bonds is 12. The minimum atomic E-state index is -0.311. The molecule has 0 spiro atoms. The summed E-state index contributed by atoms with van der Waals surface area (Å²) in [4.78, 5) is 38.8. The van der Waals surface area contributed by atoms with E-state index in [2.05, 4.69) is 30.4 Å². The van der Waals surface area contributed by atoms with Crippen LogP contribution in [0.15, 0.2) is 60.7 Å². The molecule has 6 heterocycles.